The maximum atomic E-state index is 12.3. The van der Waals surface area contributed by atoms with Gasteiger partial charge in [0.15, 0.2) is 0 Å². The molecule has 0 saturated heterocycles. The Hall–Kier alpha value is -2.10. The van der Waals surface area contributed by atoms with Crippen LogP contribution in [0.3, 0.4) is 0 Å². The lowest BCUT2D eigenvalue weighted by Crippen LogP contribution is -2.32. The van der Waals surface area contributed by atoms with E-state index in [1.807, 2.05) is 24.3 Å². The van der Waals surface area contributed by atoms with Gasteiger partial charge in [0.1, 0.15) is 5.69 Å². The fourth-order valence-corrected chi connectivity index (χ4v) is 3.99. The van der Waals surface area contributed by atoms with Crippen LogP contribution in [-0.4, -0.2) is 34.2 Å². The van der Waals surface area contributed by atoms with Crippen molar-refractivity contribution in [3.63, 3.8) is 0 Å². The molecule has 3 aromatic rings. The van der Waals surface area contributed by atoms with Crippen LogP contribution in [-0.2, 0) is 11.3 Å². The highest BCUT2D eigenvalue weighted by atomic mass is 35.5. The van der Waals surface area contributed by atoms with E-state index in [0.717, 1.165) is 11.1 Å². The van der Waals surface area contributed by atoms with Crippen LogP contribution in [0, 0.1) is 0 Å². The summed E-state index contributed by atoms with van der Waals surface area (Å²) in [4.78, 5) is 21.1. The summed E-state index contributed by atoms with van der Waals surface area (Å²) in [7, 11) is 1.53. The highest BCUT2D eigenvalue weighted by Gasteiger charge is 2.33. The number of ether oxygens (including phenoxy) is 1. The van der Waals surface area contributed by atoms with Gasteiger partial charge in [0.2, 0.25) is 11.0 Å². The lowest BCUT2D eigenvalue weighted by atomic mass is 9.93. The van der Waals surface area contributed by atoms with Gasteiger partial charge in [0, 0.05) is 47.2 Å². The number of carbonyl (C=O) groups excluding carboxylic acids is 1. The first-order valence-electron chi connectivity index (χ1n) is 10.9. The standard InChI is InChI=1S/C19H14Cl2N2O2S.C6H11F2N/c1-25-10-15-18(19(24)26)23-17(12-4-8-14(21)9-5-12)16(22-15)11-2-6-13(20)7-3-11;7-6(8)3-1-5(9)2-4-6/h2-9H,10H2,1H3,(H,24,26);5H,1-4,9H2. The summed E-state index contributed by atoms with van der Waals surface area (Å²) in [5.74, 6) is -2.42. The first-order chi connectivity index (χ1) is 16.6. The average Bonchev–Trinajstić information content (AvgIpc) is 2.82. The lowest BCUT2D eigenvalue weighted by molar-refractivity contribution is -0.0375. The molecule has 1 aliphatic rings. The predicted octanol–water partition coefficient (Wildman–Crippen LogP) is 6.86. The van der Waals surface area contributed by atoms with Gasteiger partial charge < -0.3 is 10.5 Å². The first kappa shape index (κ1) is 27.5. The van der Waals surface area contributed by atoms with Crippen molar-refractivity contribution in [2.24, 2.45) is 5.73 Å². The Balaban J connectivity index is 0.000000320. The van der Waals surface area contributed by atoms with Crippen molar-refractivity contribution in [1.82, 2.24) is 9.97 Å². The van der Waals surface area contributed by atoms with Crippen molar-refractivity contribution >= 4 is 40.9 Å². The van der Waals surface area contributed by atoms with E-state index in [2.05, 4.69) is 22.6 Å². The van der Waals surface area contributed by atoms with Gasteiger partial charge in [0.05, 0.1) is 23.7 Å². The molecule has 1 heterocycles. The van der Waals surface area contributed by atoms with Gasteiger partial charge in [0.25, 0.3) is 0 Å². The number of thiol groups is 1. The molecule has 0 spiro atoms. The third kappa shape index (κ3) is 7.69. The zero-order valence-electron chi connectivity index (χ0n) is 19.0. The van der Waals surface area contributed by atoms with E-state index in [4.69, 9.17) is 33.7 Å². The maximum absolute atomic E-state index is 12.3. The molecule has 0 bridgehead atoms. The van der Waals surface area contributed by atoms with Crippen LogP contribution < -0.4 is 5.73 Å². The minimum atomic E-state index is -2.42. The van der Waals surface area contributed by atoms with Gasteiger partial charge in [-0.15, -0.1) is 0 Å². The molecule has 4 rings (SSSR count). The van der Waals surface area contributed by atoms with E-state index in [0.29, 0.717) is 40.0 Å². The molecule has 0 amide bonds. The normalized spacial score (nSPS) is 15.3. The molecule has 0 unspecified atom stereocenters. The van der Waals surface area contributed by atoms with E-state index in [-0.39, 0.29) is 31.2 Å². The largest absolute Gasteiger partial charge is 0.378 e. The fourth-order valence-electron chi connectivity index (χ4n) is 3.56. The second-order valence-electron chi connectivity index (χ2n) is 8.16. The van der Waals surface area contributed by atoms with Gasteiger partial charge in [-0.25, -0.2) is 18.7 Å². The average molecular weight is 540 g/mol. The number of hydrogen-bond acceptors (Lipinski definition) is 5. The summed E-state index contributed by atoms with van der Waals surface area (Å²) in [5, 5.41) is 0.757. The molecule has 0 aliphatic heterocycles. The summed E-state index contributed by atoms with van der Waals surface area (Å²) in [6, 6.07) is 14.4. The third-order valence-corrected chi connectivity index (χ3v) is 6.16. The molecule has 1 aromatic heterocycles. The quantitative estimate of drug-likeness (QED) is 0.346. The van der Waals surface area contributed by atoms with Gasteiger partial charge in [-0.1, -0.05) is 60.1 Å². The third-order valence-electron chi connectivity index (χ3n) is 5.45. The van der Waals surface area contributed by atoms with Gasteiger partial charge in [-0.3, -0.25) is 4.79 Å². The summed E-state index contributed by atoms with van der Waals surface area (Å²) < 4.78 is 29.8. The Morgan fingerprint density at radius 3 is 1.86 bits per heavy atom. The van der Waals surface area contributed by atoms with E-state index < -0.39 is 11.0 Å². The molecule has 0 radical (unpaired) electrons. The molecule has 1 fully saturated rings. The summed E-state index contributed by atoms with van der Waals surface area (Å²) in [6.45, 7) is 0.149. The number of halogens is 4. The van der Waals surface area contributed by atoms with Crippen LogP contribution >= 0.6 is 35.8 Å². The van der Waals surface area contributed by atoms with Gasteiger partial charge >= 0.3 is 0 Å². The van der Waals surface area contributed by atoms with Crippen LogP contribution in [0.15, 0.2) is 48.5 Å². The van der Waals surface area contributed by atoms with Crippen LogP contribution in [0.2, 0.25) is 10.0 Å². The smallest absolute Gasteiger partial charge is 0.248 e. The highest BCUT2D eigenvalue weighted by Crippen LogP contribution is 2.33. The second kappa shape index (κ2) is 12.2. The summed E-state index contributed by atoms with van der Waals surface area (Å²) >= 11 is 15.9. The second-order valence-corrected chi connectivity index (χ2v) is 9.44. The molecule has 1 saturated carbocycles. The predicted molar refractivity (Wildman–Crippen MR) is 138 cm³/mol. The Morgan fingerprint density at radius 2 is 1.46 bits per heavy atom. The molecule has 35 heavy (non-hydrogen) atoms. The number of rotatable bonds is 5. The number of nitrogens with zero attached hydrogens (tertiary/aromatic N) is 2. The summed E-state index contributed by atoms with van der Waals surface area (Å²) in [6.07, 6.45) is 0.919. The van der Waals surface area contributed by atoms with Gasteiger partial charge in [-0.05, 0) is 37.1 Å². The number of methoxy groups -OCH3 is 1. The zero-order chi connectivity index (χ0) is 25.6. The molecule has 5 nitrogen and oxygen atoms in total. The monoisotopic (exact) mass is 539 g/mol. The topological polar surface area (TPSA) is 78.1 Å². The number of benzene rings is 2. The minimum absolute atomic E-state index is 0.0182. The number of nitrogens with two attached hydrogens (primary N) is 1. The van der Waals surface area contributed by atoms with Gasteiger partial charge in [-0.2, -0.15) is 0 Å². The number of aromatic nitrogens is 2. The number of hydrogen-bond donors (Lipinski definition) is 2. The van der Waals surface area contributed by atoms with Crippen molar-refractivity contribution < 1.29 is 18.3 Å². The van der Waals surface area contributed by atoms with Crippen LogP contribution in [0.5, 0.6) is 0 Å². The summed E-state index contributed by atoms with van der Waals surface area (Å²) in [5.41, 5.74) is 8.80. The molecule has 2 aromatic carbocycles. The minimum Gasteiger partial charge on any atom is -0.378 e. The molecule has 0 atom stereocenters. The fraction of sp³-hybridized carbons (Fsp3) is 0.320. The van der Waals surface area contributed by atoms with E-state index in [1.54, 1.807) is 24.3 Å². The molecular formula is C25H25Cl2F2N3O2S. The number of alkyl halides is 2. The number of carbonyl (C=O) groups is 1. The Labute approximate surface area is 218 Å². The van der Waals surface area contributed by atoms with Crippen molar-refractivity contribution in [3.8, 4) is 22.5 Å². The Kier molecular flexibility index (Phi) is 9.61. The van der Waals surface area contributed by atoms with Crippen LogP contribution in [0.1, 0.15) is 41.9 Å². The van der Waals surface area contributed by atoms with Crippen molar-refractivity contribution in [2.75, 3.05) is 7.11 Å². The molecule has 10 heteroatoms. The van der Waals surface area contributed by atoms with E-state index in [1.165, 1.54) is 7.11 Å². The van der Waals surface area contributed by atoms with E-state index >= 15 is 0 Å². The van der Waals surface area contributed by atoms with Crippen molar-refractivity contribution in [3.05, 3.63) is 70.0 Å². The highest BCUT2D eigenvalue weighted by molar-refractivity contribution is 7.97. The van der Waals surface area contributed by atoms with Crippen LogP contribution in [0.4, 0.5) is 8.78 Å². The molecular weight excluding hydrogens is 515 g/mol. The van der Waals surface area contributed by atoms with Crippen LogP contribution in [0.25, 0.3) is 22.5 Å². The van der Waals surface area contributed by atoms with Crippen molar-refractivity contribution in [1.29, 1.82) is 0 Å². The molecule has 2 N–H and O–H groups in total. The maximum Gasteiger partial charge on any atom is 0.248 e. The Bertz CT molecular complexity index is 1150. The lowest BCUT2D eigenvalue weighted by Gasteiger charge is -2.25. The van der Waals surface area contributed by atoms with E-state index in [9.17, 15) is 13.6 Å². The van der Waals surface area contributed by atoms with Crippen molar-refractivity contribution in [2.45, 2.75) is 44.3 Å². The Morgan fingerprint density at radius 1 is 1.00 bits per heavy atom. The zero-order valence-corrected chi connectivity index (χ0v) is 21.4. The molecule has 186 valence electrons. The first-order valence-corrected chi connectivity index (χ1v) is 12.1. The SMILES string of the molecule is COCc1nc(-c2ccc(Cl)cc2)c(-c2ccc(Cl)cc2)nc1C(=O)S.NC1CCC(F)(F)CC1. The molecule has 1 aliphatic carbocycles.